The van der Waals surface area contributed by atoms with Crippen LogP contribution in [0.4, 0.5) is 5.95 Å². The number of aromatic nitrogens is 4. The third-order valence-corrected chi connectivity index (χ3v) is 2.40. The molecule has 1 N–H and O–H groups in total. The number of nitrogens with zero attached hydrogens (tertiary/aromatic N) is 4. The number of rotatable bonds is 4. The Labute approximate surface area is 97.6 Å². The van der Waals surface area contributed by atoms with Crippen LogP contribution in [0.25, 0.3) is 11.0 Å². The van der Waals surface area contributed by atoms with Gasteiger partial charge in [-0.15, -0.1) is 0 Å². The van der Waals surface area contributed by atoms with Crippen LogP contribution in [0.5, 0.6) is 0 Å². The third kappa shape index (κ3) is 2.07. The average molecular weight is 242 g/mol. The van der Waals surface area contributed by atoms with Crippen LogP contribution in [0.3, 0.4) is 0 Å². The first-order chi connectivity index (χ1) is 7.72. The maximum atomic E-state index is 5.90. The Morgan fingerprint density at radius 2 is 2.38 bits per heavy atom. The van der Waals surface area contributed by atoms with Crippen molar-refractivity contribution in [2.75, 3.05) is 25.6 Å². The quantitative estimate of drug-likeness (QED) is 0.812. The Hall–Kier alpha value is -1.40. The smallest absolute Gasteiger partial charge is 0.224 e. The second-order valence-electron chi connectivity index (χ2n) is 3.26. The van der Waals surface area contributed by atoms with Gasteiger partial charge in [0.2, 0.25) is 5.95 Å². The molecule has 2 heterocycles. The second kappa shape index (κ2) is 4.63. The Bertz CT molecular complexity index is 498. The molecule has 86 valence electrons. The Morgan fingerprint density at radius 3 is 3.12 bits per heavy atom. The lowest BCUT2D eigenvalue weighted by Gasteiger charge is -2.03. The van der Waals surface area contributed by atoms with Gasteiger partial charge in [-0.25, -0.2) is 9.67 Å². The molecule has 16 heavy (non-hydrogen) atoms. The van der Waals surface area contributed by atoms with Crippen molar-refractivity contribution in [1.82, 2.24) is 19.7 Å². The molecule has 0 amide bonds. The predicted octanol–water partition coefficient (Wildman–Crippen LogP) is 1.07. The molecule has 6 nitrogen and oxygen atoms in total. The molecule has 0 saturated heterocycles. The van der Waals surface area contributed by atoms with Crippen molar-refractivity contribution in [3.63, 3.8) is 0 Å². The SMILES string of the molecule is COCCNc1ncc2c(Cl)nn(C)c2n1. The van der Waals surface area contributed by atoms with Gasteiger partial charge in [0.15, 0.2) is 10.8 Å². The summed E-state index contributed by atoms with van der Waals surface area (Å²) in [6.07, 6.45) is 1.66. The lowest BCUT2D eigenvalue weighted by atomic mass is 10.4. The minimum Gasteiger partial charge on any atom is -0.383 e. The summed E-state index contributed by atoms with van der Waals surface area (Å²) in [5.74, 6) is 0.546. The van der Waals surface area contributed by atoms with E-state index in [9.17, 15) is 0 Å². The fourth-order valence-corrected chi connectivity index (χ4v) is 1.59. The number of methoxy groups -OCH3 is 1. The summed E-state index contributed by atoms with van der Waals surface area (Å²) in [6.45, 7) is 1.27. The van der Waals surface area contributed by atoms with E-state index in [1.807, 2.05) is 0 Å². The van der Waals surface area contributed by atoms with Crippen molar-refractivity contribution in [2.45, 2.75) is 0 Å². The molecule has 2 rings (SSSR count). The van der Waals surface area contributed by atoms with E-state index in [0.717, 1.165) is 5.39 Å². The molecule has 0 bridgehead atoms. The minimum absolute atomic E-state index is 0.418. The Morgan fingerprint density at radius 1 is 1.56 bits per heavy atom. The van der Waals surface area contributed by atoms with E-state index in [4.69, 9.17) is 16.3 Å². The number of halogens is 1. The summed E-state index contributed by atoms with van der Waals surface area (Å²) in [5, 5.41) is 8.27. The topological polar surface area (TPSA) is 64.9 Å². The average Bonchev–Trinajstić information content (AvgIpc) is 2.55. The van der Waals surface area contributed by atoms with Gasteiger partial charge >= 0.3 is 0 Å². The van der Waals surface area contributed by atoms with E-state index < -0.39 is 0 Å². The third-order valence-electron chi connectivity index (χ3n) is 2.12. The monoisotopic (exact) mass is 241 g/mol. The van der Waals surface area contributed by atoms with Crippen LogP contribution in [0.2, 0.25) is 5.15 Å². The van der Waals surface area contributed by atoms with Crippen molar-refractivity contribution in [3.05, 3.63) is 11.3 Å². The van der Waals surface area contributed by atoms with Gasteiger partial charge in [0.05, 0.1) is 12.0 Å². The normalized spacial score (nSPS) is 10.9. The minimum atomic E-state index is 0.418. The van der Waals surface area contributed by atoms with Crippen molar-refractivity contribution >= 4 is 28.6 Å². The first kappa shape index (κ1) is 11.1. The summed E-state index contributed by atoms with van der Waals surface area (Å²) >= 11 is 5.90. The summed E-state index contributed by atoms with van der Waals surface area (Å²) in [7, 11) is 3.44. The molecular formula is C9H12ClN5O. The number of aryl methyl sites for hydroxylation is 1. The van der Waals surface area contributed by atoms with Gasteiger partial charge in [-0.3, -0.25) is 0 Å². The van der Waals surface area contributed by atoms with Crippen molar-refractivity contribution in [3.8, 4) is 0 Å². The van der Waals surface area contributed by atoms with Gasteiger partial charge in [-0.05, 0) is 0 Å². The first-order valence-electron chi connectivity index (χ1n) is 4.80. The lowest BCUT2D eigenvalue weighted by molar-refractivity contribution is 0.210. The molecule has 0 atom stereocenters. The fraction of sp³-hybridized carbons (Fsp3) is 0.444. The number of hydrogen-bond donors (Lipinski definition) is 1. The van der Waals surface area contributed by atoms with E-state index in [1.54, 1.807) is 25.0 Å². The maximum absolute atomic E-state index is 5.90. The van der Waals surface area contributed by atoms with Gasteiger partial charge < -0.3 is 10.1 Å². The van der Waals surface area contributed by atoms with Crippen LogP contribution < -0.4 is 5.32 Å². The molecular weight excluding hydrogens is 230 g/mol. The molecule has 7 heteroatoms. The van der Waals surface area contributed by atoms with Crippen LogP contribution >= 0.6 is 11.6 Å². The molecule has 0 radical (unpaired) electrons. The first-order valence-corrected chi connectivity index (χ1v) is 5.18. The van der Waals surface area contributed by atoms with Crippen LogP contribution in [-0.2, 0) is 11.8 Å². The summed E-state index contributed by atoms with van der Waals surface area (Å²) in [6, 6.07) is 0. The summed E-state index contributed by atoms with van der Waals surface area (Å²) in [4.78, 5) is 8.44. The van der Waals surface area contributed by atoms with Crippen LogP contribution in [0, 0.1) is 0 Å². The Balaban J connectivity index is 2.25. The zero-order chi connectivity index (χ0) is 11.5. The molecule has 2 aromatic rings. The van der Waals surface area contributed by atoms with E-state index in [2.05, 4.69) is 20.4 Å². The van der Waals surface area contributed by atoms with E-state index in [-0.39, 0.29) is 0 Å². The van der Waals surface area contributed by atoms with Crippen molar-refractivity contribution in [2.24, 2.45) is 7.05 Å². The number of fused-ring (bicyclic) bond motifs is 1. The predicted molar refractivity (Wildman–Crippen MR) is 61.7 cm³/mol. The zero-order valence-electron chi connectivity index (χ0n) is 9.07. The second-order valence-corrected chi connectivity index (χ2v) is 3.62. The van der Waals surface area contributed by atoms with Gasteiger partial charge in [0.25, 0.3) is 0 Å². The van der Waals surface area contributed by atoms with Gasteiger partial charge in [0.1, 0.15) is 0 Å². The molecule has 0 aromatic carbocycles. The highest BCUT2D eigenvalue weighted by atomic mass is 35.5. The van der Waals surface area contributed by atoms with Gasteiger partial charge in [-0.2, -0.15) is 10.1 Å². The van der Waals surface area contributed by atoms with Gasteiger partial charge in [0, 0.05) is 26.9 Å². The molecule has 0 saturated carbocycles. The van der Waals surface area contributed by atoms with Crippen LogP contribution in [0.1, 0.15) is 0 Å². The molecule has 0 aliphatic rings. The number of hydrogen-bond acceptors (Lipinski definition) is 5. The number of nitrogens with one attached hydrogen (secondary N) is 1. The zero-order valence-corrected chi connectivity index (χ0v) is 9.82. The molecule has 0 aliphatic carbocycles. The van der Waals surface area contributed by atoms with Crippen LogP contribution in [0.15, 0.2) is 6.20 Å². The highest BCUT2D eigenvalue weighted by Gasteiger charge is 2.08. The molecule has 0 fully saturated rings. The molecule has 0 aliphatic heterocycles. The summed E-state index contributed by atoms with van der Waals surface area (Å²) < 4.78 is 6.55. The highest BCUT2D eigenvalue weighted by Crippen LogP contribution is 2.20. The van der Waals surface area contributed by atoms with E-state index in [0.29, 0.717) is 29.9 Å². The van der Waals surface area contributed by atoms with Crippen molar-refractivity contribution < 1.29 is 4.74 Å². The molecule has 0 spiro atoms. The Kier molecular flexibility index (Phi) is 3.21. The van der Waals surface area contributed by atoms with Crippen molar-refractivity contribution in [1.29, 1.82) is 0 Å². The maximum Gasteiger partial charge on any atom is 0.224 e. The number of ether oxygens (including phenoxy) is 1. The fourth-order valence-electron chi connectivity index (χ4n) is 1.35. The van der Waals surface area contributed by atoms with E-state index in [1.165, 1.54) is 0 Å². The van der Waals surface area contributed by atoms with Gasteiger partial charge in [-0.1, -0.05) is 11.6 Å². The summed E-state index contributed by atoms with van der Waals surface area (Å²) in [5.41, 5.74) is 0.708. The van der Waals surface area contributed by atoms with Crippen LogP contribution in [-0.4, -0.2) is 40.0 Å². The largest absolute Gasteiger partial charge is 0.383 e. The molecule has 2 aromatic heterocycles. The lowest BCUT2D eigenvalue weighted by Crippen LogP contribution is -2.10. The standard InChI is InChI=1S/C9H12ClN5O/c1-15-8-6(7(10)14-15)5-12-9(13-8)11-3-4-16-2/h5H,3-4H2,1-2H3,(H,11,12,13). The highest BCUT2D eigenvalue weighted by molar-refractivity contribution is 6.34. The number of anilines is 1. The van der Waals surface area contributed by atoms with E-state index >= 15 is 0 Å². The molecule has 0 unspecified atom stereocenters.